The second kappa shape index (κ2) is 9.14. The third-order valence-electron chi connectivity index (χ3n) is 3.20. The van der Waals surface area contributed by atoms with Gasteiger partial charge in [-0.05, 0) is 12.5 Å². The molecule has 0 saturated heterocycles. The van der Waals surface area contributed by atoms with Gasteiger partial charge in [0, 0.05) is 38.6 Å². The average Bonchev–Trinajstić information content (AvgIpc) is 2.60. The van der Waals surface area contributed by atoms with Gasteiger partial charge in [0.2, 0.25) is 5.95 Å². The fourth-order valence-electron chi connectivity index (χ4n) is 2.03. The maximum Gasteiger partial charge on any atom is 0.224 e. The summed E-state index contributed by atoms with van der Waals surface area (Å²) in [6.07, 6.45) is 2.55. The maximum atomic E-state index is 6.11. The maximum absolute atomic E-state index is 6.11. The third kappa shape index (κ3) is 4.87. The third-order valence-corrected chi connectivity index (χ3v) is 3.50. The largest absolute Gasteiger partial charge is 0.495 e. The van der Waals surface area contributed by atoms with Crippen LogP contribution in [0.5, 0.6) is 11.5 Å². The smallest absolute Gasteiger partial charge is 0.224 e. The summed E-state index contributed by atoms with van der Waals surface area (Å²) < 4.78 is 15.6. The van der Waals surface area contributed by atoms with Gasteiger partial charge in [0.15, 0.2) is 0 Å². The number of methoxy groups -OCH3 is 3. The predicted octanol–water partition coefficient (Wildman–Crippen LogP) is 3.34. The van der Waals surface area contributed by atoms with Gasteiger partial charge >= 0.3 is 0 Å². The summed E-state index contributed by atoms with van der Waals surface area (Å²) in [6, 6.07) is 5.21. The Labute approximate surface area is 146 Å². The van der Waals surface area contributed by atoms with Crippen molar-refractivity contribution in [2.45, 2.75) is 6.42 Å². The number of benzene rings is 1. The SMILES string of the molecule is COCCCNc1nccc(Nc2cc(OC)c(Cl)cc2OC)n1. The fourth-order valence-corrected chi connectivity index (χ4v) is 2.26. The lowest BCUT2D eigenvalue weighted by Crippen LogP contribution is -2.08. The van der Waals surface area contributed by atoms with Crippen molar-refractivity contribution in [3.63, 3.8) is 0 Å². The highest BCUT2D eigenvalue weighted by molar-refractivity contribution is 6.32. The average molecular weight is 353 g/mol. The molecule has 0 amide bonds. The van der Waals surface area contributed by atoms with Crippen LogP contribution in [0.4, 0.5) is 17.5 Å². The Bertz CT molecular complexity index is 670. The molecule has 24 heavy (non-hydrogen) atoms. The van der Waals surface area contributed by atoms with Crippen molar-refractivity contribution in [1.82, 2.24) is 9.97 Å². The molecule has 0 aliphatic heterocycles. The lowest BCUT2D eigenvalue weighted by Gasteiger charge is -2.14. The van der Waals surface area contributed by atoms with E-state index in [1.807, 2.05) is 0 Å². The zero-order chi connectivity index (χ0) is 17.4. The molecule has 130 valence electrons. The summed E-state index contributed by atoms with van der Waals surface area (Å²) in [7, 11) is 4.81. The van der Waals surface area contributed by atoms with Crippen LogP contribution in [-0.4, -0.2) is 44.4 Å². The first-order chi connectivity index (χ1) is 11.7. The van der Waals surface area contributed by atoms with E-state index in [0.29, 0.717) is 40.6 Å². The summed E-state index contributed by atoms with van der Waals surface area (Å²) in [6.45, 7) is 1.42. The fraction of sp³-hybridized carbons (Fsp3) is 0.375. The minimum atomic E-state index is 0.475. The van der Waals surface area contributed by atoms with Crippen LogP contribution >= 0.6 is 11.6 Å². The van der Waals surface area contributed by atoms with Crippen LogP contribution in [-0.2, 0) is 4.74 Å². The molecule has 2 rings (SSSR count). The van der Waals surface area contributed by atoms with E-state index in [0.717, 1.165) is 13.0 Å². The van der Waals surface area contributed by atoms with Crippen molar-refractivity contribution in [1.29, 1.82) is 0 Å². The number of aromatic nitrogens is 2. The Balaban J connectivity index is 2.13. The Hall–Kier alpha value is -2.25. The van der Waals surface area contributed by atoms with Crippen LogP contribution in [0.15, 0.2) is 24.4 Å². The van der Waals surface area contributed by atoms with Gasteiger partial charge in [-0.2, -0.15) is 4.98 Å². The van der Waals surface area contributed by atoms with Crippen LogP contribution in [0, 0.1) is 0 Å². The standard InChI is InChI=1S/C16H21ClN4O3/c1-22-8-4-6-18-16-19-7-5-15(21-16)20-12-10-13(23-2)11(17)9-14(12)24-3/h5,7,9-10H,4,6,8H2,1-3H3,(H2,18,19,20,21). The van der Waals surface area contributed by atoms with Gasteiger partial charge in [-0.1, -0.05) is 11.6 Å². The van der Waals surface area contributed by atoms with Crippen LogP contribution in [0.3, 0.4) is 0 Å². The van der Waals surface area contributed by atoms with E-state index in [4.69, 9.17) is 25.8 Å². The van der Waals surface area contributed by atoms with Crippen molar-refractivity contribution < 1.29 is 14.2 Å². The number of hydrogen-bond acceptors (Lipinski definition) is 7. The van der Waals surface area contributed by atoms with Crippen molar-refractivity contribution in [2.24, 2.45) is 0 Å². The Morgan fingerprint density at radius 1 is 1.12 bits per heavy atom. The van der Waals surface area contributed by atoms with Gasteiger partial charge in [-0.25, -0.2) is 4.98 Å². The number of nitrogens with one attached hydrogen (secondary N) is 2. The molecule has 0 spiro atoms. The first kappa shape index (κ1) is 18.1. The van der Waals surface area contributed by atoms with Crippen LogP contribution in [0.25, 0.3) is 0 Å². The molecule has 0 aliphatic carbocycles. The van der Waals surface area contributed by atoms with E-state index in [2.05, 4.69) is 20.6 Å². The molecule has 0 bridgehead atoms. The summed E-state index contributed by atoms with van der Waals surface area (Å²) in [4.78, 5) is 8.60. The molecule has 2 N–H and O–H groups in total. The first-order valence-corrected chi connectivity index (χ1v) is 7.80. The second-order valence-corrected chi connectivity index (χ2v) is 5.26. The highest BCUT2D eigenvalue weighted by Crippen LogP contribution is 2.37. The van der Waals surface area contributed by atoms with Crippen molar-refractivity contribution in [3.05, 3.63) is 29.4 Å². The first-order valence-electron chi connectivity index (χ1n) is 7.42. The molecular weight excluding hydrogens is 332 g/mol. The quantitative estimate of drug-likeness (QED) is 0.670. The molecule has 2 aromatic rings. The van der Waals surface area contributed by atoms with Crippen molar-refractivity contribution in [2.75, 3.05) is 45.1 Å². The van der Waals surface area contributed by atoms with Gasteiger partial charge < -0.3 is 24.8 Å². The Morgan fingerprint density at radius 3 is 2.62 bits per heavy atom. The number of anilines is 3. The molecule has 0 radical (unpaired) electrons. The highest BCUT2D eigenvalue weighted by Gasteiger charge is 2.11. The number of nitrogens with zero attached hydrogens (tertiary/aromatic N) is 2. The highest BCUT2D eigenvalue weighted by atomic mass is 35.5. The molecule has 0 aliphatic rings. The van der Waals surface area contributed by atoms with Gasteiger partial charge in [0.1, 0.15) is 17.3 Å². The van der Waals surface area contributed by atoms with E-state index < -0.39 is 0 Å². The molecule has 0 saturated carbocycles. The Kier molecular flexibility index (Phi) is 6.89. The van der Waals surface area contributed by atoms with Gasteiger partial charge in [0.25, 0.3) is 0 Å². The molecule has 8 heteroatoms. The van der Waals surface area contributed by atoms with E-state index in [1.165, 1.54) is 0 Å². The molecule has 0 atom stereocenters. The molecule has 0 unspecified atom stereocenters. The summed E-state index contributed by atoms with van der Waals surface area (Å²) in [5.41, 5.74) is 0.697. The summed E-state index contributed by atoms with van der Waals surface area (Å²) in [5.74, 6) is 2.30. The van der Waals surface area contributed by atoms with E-state index in [9.17, 15) is 0 Å². The summed E-state index contributed by atoms with van der Waals surface area (Å²) in [5, 5.41) is 6.81. The number of ether oxygens (including phenoxy) is 3. The normalized spacial score (nSPS) is 10.3. The topological polar surface area (TPSA) is 77.5 Å². The van der Waals surface area contributed by atoms with E-state index >= 15 is 0 Å². The lowest BCUT2D eigenvalue weighted by atomic mass is 10.2. The molecule has 0 fully saturated rings. The molecule has 1 heterocycles. The van der Waals surface area contributed by atoms with E-state index in [-0.39, 0.29) is 0 Å². The number of halogens is 1. The van der Waals surface area contributed by atoms with Gasteiger partial charge in [-0.15, -0.1) is 0 Å². The minimum absolute atomic E-state index is 0.475. The molecule has 1 aromatic carbocycles. The van der Waals surface area contributed by atoms with E-state index in [1.54, 1.807) is 45.7 Å². The minimum Gasteiger partial charge on any atom is -0.495 e. The van der Waals surface area contributed by atoms with Crippen LogP contribution in [0.1, 0.15) is 6.42 Å². The number of hydrogen-bond donors (Lipinski definition) is 2. The second-order valence-electron chi connectivity index (χ2n) is 4.85. The van der Waals surface area contributed by atoms with Crippen molar-refractivity contribution >= 4 is 29.1 Å². The Morgan fingerprint density at radius 2 is 1.92 bits per heavy atom. The molecule has 7 nitrogen and oxygen atoms in total. The van der Waals surface area contributed by atoms with Crippen LogP contribution < -0.4 is 20.1 Å². The monoisotopic (exact) mass is 352 g/mol. The van der Waals surface area contributed by atoms with Gasteiger partial charge in [-0.3, -0.25) is 0 Å². The molecule has 1 aromatic heterocycles. The zero-order valence-corrected chi connectivity index (χ0v) is 14.7. The van der Waals surface area contributed by atoms with Gasteiger partial charge in [0.05, 0.1) is 24.9 Å². The van der Waals surface area contributed by atoms with Crippen LogP contribution in [0.2, 0.25) is 5.02 Å². The van der Waals surface area contributed by atoms with Crippen molar-refractivity contribution in [3.8, 4) is 11.5 Å². The molecular formula is C16H21ClN4O3. The summed E-state index contributed by atoms with van der Waals surface area (Å²) >= 11 is 6.11. The predicted molar refractivity (Wildman–Crippen MR) is 94.9 cm³/mol. The lowest BCUT2D eigenvalue weighted by molar-refractivity contribution is 0.197. The zero-order valence-electron chi connectivity index (χ0n) is 13.9. The number of rotatable bonds is 9.